The molecule has 73 heavy (non-hydrogen) atoms. The third-order valence-electron chi connectivity index (χ3n) is 14.2. The largest absolute Gasteiger partial charge is 0.457 e. The van der Waals surface area contributed by atoms with Crippen LogP contribution >= 0.6 is 0 Å². The van der Waals surface area contributed by atoms with Gasteiger partial charge in [-0.05, 0) is 44.9 Å². The lowest BCUT2D eigenvalue weighted by Crippen LogP contribution is -2.61. The molecule has 0 saturated carbocycles. The van der Waals surface area contributed by atoms with E-state index in [-0.39, 0.29) is 25.6 Å². The number of unbranched alkanes of at least 4 members (excludes halogenated alkanes) is 28. The highest BCUT2D eigenvalue weighted by Gasteiger charge is 2.47. The lowest BCUT2D eigenvalue weighted by Gasteiger charge is -2.42. The van der Waals surface area contributed by atoms with Gasteiger partial charge in [-0.2, -0.15) is 0 Å². The minimum atomic E-state index is -1.71. The molecule has 2 rings (SSSR count). The van der Waals surface area contributed by atoms with Crippen molar-refractivity contribution < 1.29 is 69.0 Å². The van der Waals surface area contributed by atoms with Crippen LogP contribution in [-0.2, 0) is 33.2 Å². The third kappa shape index (κ3) is 33.2. The Hall–Kier alpha value is -1.79. The van der Waals surface area contributed by atoms with Gasteiger partial charge >= 0.3 is 5.97 Å². The van der Waals surface area contributed by atoms with E-state index in [2.05, 4.69) is 50.3 Å². The zero-order chi connectivity index (χ0) is 53.0. The maximum absolute atomic E-state index is 13.1. The summed E-state index contributed by atoms with van der Waals surface area (Å²) >= 11 is 0. The van der Waals surface area contributed by atoms with Gasteiger partial charge in [0.25, 0.3) is 0 Å². The van der Waals surface area contributed by atoms with Crippen molar-refractivity contribution in [1.29, 1.82) is 0 Å². The van der Waals surface area contributed by atoms with Gasteiger partial charge in [0.2, 0.25) is 0 Å². The molecule has 0 aromatic carbocycles. The molecule has 7 N–H and O–H groups in total. The predicted octanol–water partition coefficient (Wildman–Crippen LogP) is 10.5. The molecule has 14 nitrogen and oxygen atoms in total. The first kappa shape index (κ1) is 67.3. The molecule has 11 unspecified atom stereocenters. The molecule has 428 valence electrons. The molecular formula is C59H108O14. The van der Waals surface area contributed by atoms with Gasteiger partial charge in [-0.15, -0.1) is 0 Å². The number of ether oxygens (including phenoxy) is 6. The van der Waals surface area contributed by atoms with Crippen molar-refractivity contribution in [2.75, 3.05) is 33.0 Å². The van der Waals surface area contributed by atoms with E-state index >= 15 is 0 Å². The van der Waals surface area contributed by atoms with Gasteiger partial charge in [0, 0.05) is 13.0 Å². The van der Waals surface area contributed by atoms with Crippen molar-refractivity contribution in [2.45, 2.75) is 300 Å². The van der Waals surface area contributed by atoms with Crippen LogP contribution in [0.2, 0.25) is 0 Å². The molecule has 0 aromatic heterocycles. The van der Waals surface area contributed by atoms with Crippen LogP contribution in [0.4, 0.5) is 0 Å². The van der Waals surface area contributed by atoms with Crippen LogP contribution in [0.5, 0.6) is 0 Å². The molecule has 11 atom stereocenters. The molecule has 14 heteroatoms. The molecule has 2 aliphatic heterocycles. The second-order valence-corrected chi connectivity index (χ2v) is 20.8. The molecule has 0 amide bonds. The van der Waals surface area contributed by atoms with E-state index in [0.29, 0.717) is 13.0 Å². The summed E-state index contributed by atoms with van der Waals surface area (Å²) in [4.78, 5) is 13.1. The number of carbonyl (C=O) groups is 1. The van der Waals surface area contributed by atoms with E-state index < -0.39 is 80.7 Å². The van der Waals surface area contributed by atoms with Crippen LogP contribution in [-0.4, -0.2) is 142 Å². The lowest BCUT2D eigenvalue weighted by molar-refractivity contribution is -0.332. The topological polar surface area (TPSA) is 214 Å². The zero-order valence-corrected chi connectivity index (χ0v) is 45.9. The summed E-state index contributed by atoms with van der Waals surface area (Å²) in [6.07, 6.45) is 37.8. The minimum Gasteiger partial charge on any atom is -0.457 e. The summed E-state index contributed by atoms with van der Waals surface area (Å²) in [5.41, 5.74) is 0. The van der Waals surface area contributed by atoms with Crippen molar-refractivity contribution in [1.82, 2.24) is 0 Å². The first-order valence-corrected chi connectivity index (χ1v) is 29.6. The number of aliphatic hydroxyl groups excluding tert-OH is 7. The maximum Gasteiger partial charge on any atom is 0.306 e. The SMILES string of the molecule is CC/C=C\C/C=C\C/C=C\CCCCCCCCCC(=O)OC(COCCCCCCCCCCCCCCCCCCCCCCCC)COC1OC(COC2OC(CO)C(O)C(O)C2O)C(O)C(O)C1O. The Kier molecular flexibility index (Phi) is 42.7. The Labute approximate surface area is 442 Å². The van der Waals surface area contributed by atoms with Gasteiger partial charge in [0.1, 0.15) is 54.9 Å². The number of hydrogen-bond donors (Lipinski definition) is 7. The van der Waals surface area contributed by atoms with Gasteiger partial charge < -0.3 is 64.2 Å². The second-order valence-electron chi connectivity index (χ2n) is 20.8. The van der Waals surface area contributed by atoms with Gasteiger partial charge in [0.15, 0.2) is 12.6 Å². The van der Waals surface area contributed by atoms with Crippen molar-refractivity contribution in [3.8, 4) is 0 Å². The van der Waals surface area contributed by atoms with Crippen molar-refractivity contribution >= 4 is 5.97 Å². The Morgan fingerprint density at radius 1 is 0.466 bits per heavy atom. The van der Waals surface area contributed by atoms with Crippen LogP contribution in [0.3, 0.4) is 0 Å². The number of rotatable bonds is 48. The maximum atomic E-state index is 13.1. The smallest absolute Gasteiger partial charge is 0.306 e. The van der Waals surface area contributed by atoms with Crippen LogP contribution in [0, 0.1) is 0 Å². The van der Waals surface area contributed by atoms with Crippen LogP contribution in [0.15, 0.2) is 36.5 Å². The fraction of sp³-hybridized carbons (Fsp3) is 0.881. The summed E-state index contributed by atoms with van der Waals surface area (Å²) in [6.45, 7) is 3.61. The molecule has 0 spiro atoms. The summed E-state index contributed by atoms with van der Waals surface area (Å²) in [7, 11) is 0. The molecule has 0 aliphatic carbocycles. The van der Waals surface area contributed by atoms with Gasteiger partial charge in [-0.1, -0.05) is 217 Å². The molecule has 2 fully saturated rings. The highest BCUT2D eigenvalue weighted by atomic mass is 16.7. The third-order valence-corrected chi connectivity index (χ3v) is 14.2. The Bertz CT molecular complexity index is 1350. The average molecular weight is 1040 g/mol. The Balaban J connectivity index is 1.70. The van der Waals surface area contributed by atoms with E-state index in [4.69, 9.17) is 28.4 Å². The second kappa shape index (κ2) is 46.3. The van der Waals surface area contributed by atoms with Crippen LogP contribution < -0.4 is 0 Å². The van der Waals surface area contributed by atoms with Gasteiger partial charge in [-0.3, -0.25) is 4.79 Å². The lowest BCUT2D eigenvalue weighted by atomic mass is 9.98. The molecule has 2 saturated heterocycles. The number of carbonyl (C=O) groups excluding carboxylic acids is 1. The number of allylic oxidation sites excluding steroid dienone is 6. The average Bonchev–Trinajstić information content (AvgIpc) is 3.39. The summed E-state index contributed by atoms with van der Waals surface area (Å²) < 4.78 is 34.4. The van der Waals surface area contributed by atoms with Crippen LogP contribution in [0.1, 0.15) is 232 Å². The summed E-state index contributed by atoms with van der Waals surface area (Å²) in [6, 6.07) is 0. The first-order chi connectivity index (χ1) is 35.6. The molecular weight excluding hydrogens is 933 g/mol. The van der Waals surface area contributed by atoms with Crippen molar-refractivity contribution in [3.05, 3.63) is 36.5 Å². The first-order valence-electron chi connectivity index (χ1n) is 29.6. The van der Waals surface area contributed by atoms with Gasteiger partial charge in [-0.25, -0.2) is 0 Å². The number of aliphatic hydroxyl groups is 7. The fourth-order valence-electron chi connectivity index (χ4n) is 9.42. The Morgan fingerprint density at radius 2 is 0.890 bits per heavy atom. The van der Waals surface area contributed by atoms with Crippen LogP contribution in [0.25, 0.3) is 0 Å². The van der Waals surface area contributed by atoms with Crippen molar-refractivity contribution in [2.24, 2.45) is 0 Å². The monoisotopic (exact) mass is 1040 g/mol. The van der Waals surface area contributed by atoms with Crippen molar-refractivity contribution in [3.63, 3.8) is 0 Å². The highest BCUT2D eigenvalue weighted by molar-refractivity contribution is 5.69. The quantitative estimate of drug-likeness (QED) is 0.0172. The molecule has 2 aliphatic rings. The number of hydrogen-bond acceptors (Lipinski definition) is 14. The Morgan fingerprint density at radius 3 is 1.40 bits per heavy atom. The molecule has 0 bridgehead atoms. The van der Waals surface area contributed by atoms with E-state index in [0.717, 1.165) is 64.2 Å². The fourth-order valence-corrected chi connectivity index (χ4v) is 9.42. The van der Waals surface area contributed by atoms with E-state index in [9.17, 15) is 40.5 Å². The van der Waals surface area contributed by atoms with E-state index in [1.807, 2.05) is 0 Å². The standard InChI is InChI=1S/C59H108O14/c1-3-5-7-9-11-13-15-17-19-21-22-23-24-25-27-29-31-33-35-37-39-41-43-68-45-48(71-51(61)42-40-38-36-34-32-30-28-26-20-18-16-14-12-10-8-6-4-2)46-69-58-57(67)55(65)53(63)50(73-58)47-70-59-56(66)54(64)52(62)49(44-60)72-59/h6,8,12,14,18,20,48-50,52-60,62-67H,3-5,7,9-11,13,15-17,19,21-47H2,1-2H3/b8-6-,14-12-,20-18-. The normalized spacial score (nSPS) is 25.2. The predicted molar refractivity (Wildman–Crippen MR) is 289 cm³/mol. The molecule has 0 radical (unpaired) electrons. The number of esters is 1. The summed E-state index contributed by atoms with van der Waals surface area (Å²) in [5.74, 6) is -0.382. The zero-order valence-electron chi connectivity index (χ0n) is 45.9. The molecule has 0 aromatic rings. The minimum absolute atomic E-state index is 0.0607. The highest BCUT2D eigenvalue weighted by Crippen LogP contribution is 2.27. The van der Waals surface area contributed by atoms with Gasteiger partial charge in [0.05, 0.1) is 26.4 Å². The van der Waals surface area contributed by atoms with E-state index in [1.165, 1.54) is 141 Å². The van der Waals surface area contributed by atoms with E-state index in [1.54, 1.807) is 0 Å². The summed E-state index contributed by atoms with van der Waals surface area (Å²) in [5, 5.41) is 72.3. The molecule has 2 heterocycles.